The van der Waals surface area contributed by atoms with Crippen LogP contribution in [0.15, 0.2) is 16.5 Å². The highest BCUT2D eigenvalue weighted by Gasteiger charge is 2.07. The summed E-state index contributed by atoms with van der Waals surface area (Å²) in [6, 6.07) is 3.31. The van der Waals surface area contributed by atoms with Crippen LogP contribution in [0.25, 0.3) is 0 Å². The number of sulfone groups is 1. The molecule has 1 aromatic heterocycles. The van der Waals surface area contributed by atoms with Crippen molar-refractivity contribution in [2.75, 3.05) is 6.26 Å². The highest BCUT2D eigenvalue weighted by atomic mass is 32.2. The van der Waals surface area contributed by atoms with E-state index in [9.17, 15) is 8.42 Å². The van der Waals surface area contributed by atoms with Crippen LogP contribution in [-0.2, 0) is 22.1 Å². The minimum Gasteiger partial charge on any atom is -0.464 e. The van der Waals surface area contributed by atoms with E-state index >= 15 is 0 Å². The summed E-state index contributed by atoms with van der Waals surface area (Å²) >= 11 is 0. The van der Waals surface area contributed by atoms with Gasteiger partial charge in [-0.3, -0.25) is 0 Å². The van der Waals surface area contributed by atoms with Crippen molar-refractivity contribution >= 4 is 9.84 Å². The van der Waals surface area contributed by atoms with E-state index < -0.39 is 9.84 Å². The van der Waals surface area contributed by atoms with Gasteiger partial charge in [0.1, 0.15) is 17.3 Å². The third-order valence-electron chi connectivity index (χ3n) is 1.32. The molecule has 0 aliphatic carbocycles. The molecule has 0 aliphatic rings. The Kier molecular flexibility index (Phi) is 2.54. The third kappa shape index (κ3) is 2.67. The zero-order valence-electron chi connectivity index (χ0n) is 6.78. The molecule has 0 aromatic carbocycles. The standard InChI is InChI=1S/C7H11NO3S/c1-12(9,10)5-7-3-2-6(4-8)11-7/h2-3H,4-5,8H2,1H3. The lowest BCUT2D eigenvalue weighted by atomic mass is 10.4. The smallest absolute Gasteiger partial charge is 0.154 e. The molecule has 12 heavy (non-hydrogen) atoms. The average Bonchev–Trinajstić information content (AvgIpc) is 2.32. The van der Waals surface area contributed by atoms with E-state index in [2.05, 4.69) is 0 Å². The Morgan fingerprint density at radius 3 is 2.42 bits per heavy atom. The number of nitrogens with two attached hydrogens (primary N) is 1. The van der Waals surface area contributed by atoms with Crippen molar-refractivity contribution in [3.8, 4) is 0 Å². The Bertz CT molecular complexity index is 352. The van der Waals surface area contributed by atoms with Gasteiger partial charge in [-0.25, -0.2) is 8.42 Å². The van der Waals surface area contributed by atoms with Gasteiger partial charge >= 0.3 is 0 Å². The van der Waals surface area contributed by atoms with Crippen LogP contribution in [0.4, 0.5) is 0 Å². The first kappa shape index (κ1) is 9.28. The van der Waals surface area contributed by atoms with E-state index in [4.69, 9.17) is 10.2 Å². The summed E-state index contributed by atoms with van der Waals surface area (Å²) in [7, 11) is -3.01. The maximum absolute atomic E-state index is 10.8. The van der Waals surface area contributed by atoms with E-state index in [1.807, 2.05) is 0 Å². The Balaban J connectivity index is 2.78. The second-order valence-electron chi connectivity index (χ2n) is 2.64. The van der Waals surface area contributed by atoms with Crippen LogP contribution < -0.4 is 5.73 Å². The predicted molar refractivity (Wildman–Crippen MR) is 45.1 cm³/mol. The van der Waals surface area contributed by atoms with Crippen molar-refractivity contribution < 1.29 is 12.8 Å². The number of hydrogen-bond donors (Lipinski definition) is 1. The van der Waals surface area contributed by atoms with Crippen LogP contribution in [0.5, 0.6) is 0 Å². The molecule has 0 unspecified atom stereocenters. The van der Waals surface area contributed by atoms with Crippen LogP contribution in [-0.4, -0.2) is 14.7 Å². The lowest BCUT2D eigenvalue weighted by Crippen LogP contribution is -1.99. The van der Waals surface area contributed by atoms with Gasteiger partial charge in [0.25, 0.3) is 0 Å². The fourth-order valence-electron chi connectivity index (χ4n) is 0.868. The molecule has 0 bridgehead atoms. The van der Waals surface area contributed by atoms with Crippen LogP contribution in [0.2, 0.25) is 0 Å². The topological polar surface area (TPSA) is 73.3 Å². The van der Waals surface area contributed by atoms with Gasteiger partial charge < -0.3 is 10.2 Å². The van der Waals surface area contributed by atoms with E-state index in [1.54, 1.807) is 12.1 Å². The zero-order chi connectivity index (χ0) is 9.19. The SMILES string of the molecule is CS(=O)(=O)Cc1ccc(CN)o1. The molecule has 2 N–H and O–H groups in total. The molecule has 0 aliphatic heterocycles. The van der Waals surface area contributed by atoms with Crippen molar-refractivity contribution in [2.45, 2.75) is 12.3 Å². The van der Waals surface area contributed by atoms with E-state index in [-0.39, 0.29) is 5.75 Å². The molecule has 4 nitrogen and oxygen atoms in total. The van der Waals surface area contributed by atoms with Gasteiger partial charge in [-0.2, -0.15) is 0 Å². The van der Waals surface area contributed by atoms with E-state index in [0.717, 1.165) is 6.26 Å². The first-order chi connectivity index (χ1) is 5.51. The van der Waals surface area contributed by atoms with Crippen molar-refractivity contribution in [1.82, 2.24) is 0 Å². The predicted octanol–water partition coefficient (Wildman–Crippen LogP) is 0.283. The minimum absolute atomic E-state index is 0.0625. The molecular weight excluding hydrogens is 178 g/mol. The Labute approximate surface area is 71.3 Å². The molecular formula is C7H11NO3S. The molecule has 5 heteroatoms. The van der Waals surface area contributed by atoms with Gasteiger partial charge in [0.2, 0.25) is 0 Å². The Morgan fingerprint density at radius 1 is 1.42 bits per heavy atom. The fourth-order valence-corrected chi connectivity index (χ4v) is 1.54. The van der Waals surface area contributed by atoms with Gasteiger partial charge in [-0.05, 0) is 12.1 Å². The summed E-state index contributed by atoms with van der Waals surface area (Å²) in [4.78, 5) is 0. The van der Waals surface area contributed by atoms with Gasteiger partial charge in [-0.15, -0.1) is 0 Å². The summed E-state index contributed by atoms with van der Waals surface area (Å²) in [5, 5.41) is 0. The first-order valence-electron chi connectivity index (χ1n) is 3.46. The molecule has 1 heterocycles. The first-order valence-corrected chi connectivity index (χ1v) is 5.53. The maximum Gasteiger partial charge on any atom is 0.154 e. The molecule has 0 amide bonds. The zero-order valence-corrected chi connectivity index (χ0v) is 7.60. The molecule has 68 valence electrons. The Hall–Kier alpha value is -0.810. The molecule has 0 saturated heterocycles. The van der Waals surface area contributed by atoms with Crippen molar-refractivity contribution in [1.29, 1.82) is 0 Å². The lowest BCUT2D eigenvalue weighted by Gasteiger charge is -1.92. The molecule has 0 fully saturated rings. The monoisotopic (exact) mass is 189 g/mol. The quantitative estimate of drug-likeness (QED) is 0.741. The molecule has 1 rings (SSSR count). The Morgan fingerprint density at radius 2 is 2.00 bits per heavy atom. The summed E-state index contributed by atoms with van der Waals surface area (Å²) in [6.45, 7) is 0.295. The van der Waals surface area contributed by atoms with Gasteiger partial charge in [-0.1, -0.05) is 0 Å². The summed E-state index contributed by atoms with van der Waals surface area (Å²) in [6.07, 6.45) is 1.16. The largest absolute Gasteiger partial charge is 0.464 e. The summed E-state index contributed by atoms with van der Waals surface area (Å²) in [5.74, 6) is 0.985. The van der Waals surface area contributed by atoms with Crippen LogP contribution in [0.1, 0.15) is 11.5 Å². The second-order valence-corrected chi connectivity index (χ2v) is 4.78. The molecule has 1 aromatic rings. The van der Waals surface area contributed by atoms with Gasteiger partial charge in [0.05, 0.1) is 6.54 Å². The maximum atomic E-state index is 10.8. The van der Waals surface area contributed by atoms with E-state index in [1.165, 1.54) is 0 Å². The average molecular weight is 189 g/mol. The number of rotatable bonds is 3. The normalized spacial score (nSPS) is 11.8. The fraction of sp³-hybridized carbons (Fsp3) is 0.429. The van der Waals surface area contributed by atoms with Crippen molar-refractivity contribution in [3.63, 3.8) is 0 Å². The molecule has 0 saturated carbocycles. The molecule has 0 spiro atoms. The molecule has 0 radical (unpaired) electrons. The van der Waals surface area contributed by atoms with Crippen LogP contribution in [0.3, 0.4) is 0 Å². The van der Waals surface area contributed by atoms with Crippen LogP contribution in [0, 0.1) is 0 Å². The third-order valence-corrected chi connectivity index (χ3v) is 2.13. The van der Waals surface area contributed by atoms with Crippen LogP contribution >= 0.6 is 0 Å². The highest BCUT2D eigenvalue weighted by Crippen LogP contribution is 2.09. The summed E-state index contributed by atoms with van der Waals surface area (Å²) < 4.78 is 26.7. The lowest BCUT2D eigenvalue weighted by molar-refractivity contribution is 0.478. The van der Waals surface area contributed by atoms with Gasteiger partial charge in [0, 0.05) is 6.26 Å². The minimum atomic E-state index is -3.01. The van der Waals surface area contributed by atoms with Gasteiger partial charge in [0.15, 0.2) is 9.84 Å². The number of hydrogen-bond acceptors (Lipinski definition) is 4. The van der Waals surface area contributed by atoms with E-state index in [0.29, 0.717) is 18.1 Å². The number of furan rings is 1. The summed E-state index contributed by atoms with van der Waals surface area (Å²) in [5.41, 5.74) is 5.28. The van der Waals surface area contributed by atoms with Crippen molar-refractivity contribution in [3.05, 3.63) is 23.7 Å². The highest BCUT2D eigenvalue weighted by molar-refractivity contribution is 7.89. The van der Waals surface area contributed by atoms with Crippen molar-refractivity contribution in [2.24, 2.45) is 5.73 Å². The second kappa shape index (κ2) is 3.28. The molecule has 0 atom stereocenters.